The van der Waals surface area contributed by atoms with Crippen LogP contribution in [0.4, 0.5) is 5.69 Å². The molecule has 0 saturated heterocycles. The van der Waals surface area contributed by atoms with E-state index in [1.54, 1.807) is 12.1 Å². The number of nitrogen functional groups attached to an aromatic ring is 1. The van der Waals surface area contributed by atoms with Crippen LogP contribution in [0.2, 0.25) is 0 Å². The van der Waals surface area contributed by atoms with Gasteiger partial charge in [0.15, 0.2) is 0 Å². The van der Waals surface area contributed by atoms with Crippen LogP contribution in [0.5, 0.6) is 17.4 Å². The van der Waals surface area contributed by atoms with Gasteiger partial charge in [-0.1, -0.05) is 34.1 Å². The minimum absolute atomic E-state index is 0.210. The van der Waals surface area contributed by atoms with Crippen LogP contribution in [-0.2, 0) is 12.8 Å². The van der Waals surface area contributed by atoms with E-state index >= 15 is 0 Å². The number of hydrogen-bond acceptors (Lipinski definition) is 4. The number of benzene rings is 2. The van der Waals surface area contributed by atoms with E-state index in [4.69, 9.17) is 15.5 Å². The Bertz CT molecular complexity index is 1050. The molecule has 1 aliphatic carbocycles. The molecule has 2 aromatic carbocycles. The highest BCUT2D eigenvalue weighted by atomic mass is 79.9. The molecule has 4 nitrogen and oxygen atoms in total. The lowest BCUT2D eigenvalue weighted by atomic mass is 9.80. The van der Waals surface area contributed by atoms with Crippen LogP contribution in [-0.4, -0.2) is 10.1 Å². The lowest BCUT2D eigenvalue weighted by Gasteiger charge is -2.32. The van der Waals surface area contributed by atoms with Gasteiger partial charge in [0.05, 0.1) is 5.56 Å². The summed E-state index contributed by atoms with van der Waals surface area (Å²) < 4.78 is 7.13. The number of nitrogens with two attached hydrogens (primary N) is 1. The number of anilines is 1. The molecule has 1 aromatic heterocycles. The average molecular weight is 423 g/mol. The molecule has 1 atom stereocenters. The monoisotopic (exact) mass is 422 g/mol. The number of rotatable bonds is 1. The number of hydrogen-bond donors (Lipinski definition) is 2. The minimum Gasteiger partial charge on any atom is -0.507 e. The maximum Gasteiger partial charge on any atom is 0.225 e. The zero-order chi connectivity index (χ0) is 18.5. The number of phenolic OH excluding ortho intramolecular Hbond substituents is 1. The molecule has 5 rings (SSSR count). The van der Waals surface area contributed by atoms with Crippen molar-refractivity contribution in [2.75, 3.05) is 5.73 Å². The summed E-state index contributed by atoms with van der Waals surface area (Å²) in [6, 6.07) is 13.5. The molecule has 1 unspecified atom stereocenters. The number of ether oxygens (including phenoxy) is 1. The molecule has 0 spiro atoms. The molecule has 0 saturated carbocycles. The first-order chi connectivity index (χ1) is 13.1. The maximum absolute atomic E-state index is 10.6. The van der Waals surface area contributed by atoms with E-state index in [2.05, 4.69) is 28.1 Å². The van der Waals surface area contributed by atoms with Gasteiger partial charge in [-0.2, -0.15) is 0 Å². The van der Waals surface area contributed by atoms with E-state index < -0.39 is 0 Å². The number of pyridine rings is 1. The highest BCUT2D eigenvalue weighted by Crippen LogP contribution is 2.53. The van der Waals surface area contributed by atoms with Crippen molar-refractivity contribution in [2.45, 2.75) is 31.6 Å². The molecule has 136 valence electrons. The normalized spacial score (nSPS) is 17.4. The Labute approximate surface area is 166 Å². The molecule has 2 aliphatic rings. The first-order valence-corrected chi connectivity index (χ1v) is 9.99. The molecule has 2 heterocycles. The number of aryl methyl sites for hydroxylation is 1. The molecule has 3 aromatic rings. The fourth-order valence-corrected chi connectivity index (χ4v) is 4.53. The van der Waals surface area contributed by atoms with E-state index in [0.717, 1.165) is 63.8 Å². The number of fused-ring (bicyclic) bond motifs is 3. The zero-order valence-corrected chi connectivity index (χ0v) is 16.3. The van der Waals surface area contributed by atoms with Crippen LogP contribution < -0.4 is 10.5 Å². The Hall–Kier alpha value is -2.53. The summed E-state index contributed by atoms with van der Waals surface area (Å²) in [5.74, 6) is 1.21. The largest absolute Gasteiger partial charge is 0.507 e. The molecule has 1 aliphatic heterocycles. The van der Waals surface area contributed by atoms with E-state index in [0.29, 0.717) is 11.6 Å². The van der Waals surface area contributed by atoms with Crippen LogP contribution in [0.15, 0.2) is 46.9 Å². The fraction of sp³-hybridized carbons (Fsp3) is 0.227. The summed E-state index contributed by atoms with van der Waals surface area (Å²) in [5, 5.41) is 10.6. The van der Waals surface area contributed by atoms with Gasteiger partial charge in [-0.3, -0.25) is 0 Å². The van der Waals surface area contributed by atoms with Gasteiger partial charge in [-0.25, -0.2) is 4.98 Å². The average Bonchev–Trinajstić information content (AvgIpc) is 2.68. The molecule has 27 heavy (non-hydrogen) atoms. The summed E-state index contributed by atoms with van der Waals surface area (Å²) in [6.07, 6.45) is 4.14. The van der Waals surface area contributed by atoms with Crippen molar-refractivity contribution in [3.63, 3.8) is 0 Å². The van der Waals surface area contributed by atoms with Gasteiger partial charge in [0.2, 0.25) is 5.88 Å². The highest BCUT2D eigenvalue weighted by Gasteiger charge is 2.36. The third-order valence-corrected chi connectivity index (χ3v) is 6.08. The van der Waals surface area contributed by atoms with Crippen molar-refractivity contribution in [3.8, 4) is 17.4 Å². The van der Waals surface area contributed by atoms with Gasteiger partial charge < -0.3 is 15.6 Å². The summed E-state index contributed by atoms with van der Waals surface area (Å²) in [7, 11) is 0. The second-order valence-corrected chi connectivity index (χ2v) is 8.07. The Morgan fingerprint density at radius 3 is 2.63 bits per heavy atom. The van der Waals surface area contributed by atoms with Crippen molar-refractivity contribution in [1.29, 1.82) is 0 Å². The number of nitrogens with zero attached hydrogens (tertiary/aromatic N) is 1. The SMILES string of the molecule is Nc1c2c(nc3c1C(c1ccc(Br)cc1)c1c(O)cccc1O3)CCCC2. The topological polar surface area (TPSA) is 68.4 Å². The second-order valence-electron chi connectivity index (χ2n) is 7.15. The predicted octanol–water partition coefficient (Wildman–Crippen LogP) is 5.30. The van der Waals surface area contributed by atoms with E-state index in [-0.39, 0.29) is 11.7 Å². The third-order valence-electron chi connectivity index (χ3n) is 5.55. The van der Waals surface area contributed by atoms with Gasteiger partial charge in [0.25, 0.3) is 0 Å². The lowest BCUT2D eigenvalue weighted by molar-refractivity contribution is 0.411. The summed E-state index contributed by atoms with van der Waals surface area (Å²) in [6.45, 7) is 0. The Morgan fingerprint density at radius 2 is 1.81 bits per heavy atom. The van der Waals surface area contributed by atoms with Crippen LogP contribution >= 0.6 is 15.9 Å². The zero-order valence-electron chi connectivity index (χ0n) is 14.7. The van der Waals surface area contributed by atoms with Gasteiger partial charge in [0, 0.05) is 27.3 Å². The van der Waals surface area contributed by atoms with Crippen molar-refractivity contribution in [3.05, 3.63) is 74.9 Å². The van der Waals surface area contributed by atoms with Crippen LogP contribution in [0.25, 0.3) is 0 Å². The van der Waals surface area contributed by atoms with E-state index in [1.165, 1.54) is 0 Å². The Balaban J connectivity index is 1.80. The van der Waals surface area contributed by atoms with Crippen LogP contribution in [0.1, 0.15) is 46.7 Å². The number of halogens is 1. The molecule has 0 radical (unpaired) electrons. The molecule has 3 N–H and O–H groups in total. The van der Waals surface area contributed by atoms with Crippen LogP contribution in [0, 0.1) is 0 Å². The molecule has 5 heteroatoms. The first kappa shape index (κ1) is 16.6. The Morgan fingerprint density at radius 1 is 1.04 bits per heavy atom. The van der Waals surface area contributed by atoms with Gasteiger partial charge in [-0.15, -0.1) is 0 Å². The first-order valence-electron chi connectivity index (χ1n) is 9.20. The summed E-state index contributed by atoms with van der Waals surface area (Å²) in [5.41, 5.74) is 12.3. The molecular formula is C22H19BrN2O2. The van der Waals surface area contributed by atoms with E-state index in [9.17, 15) is 5.11 Å². The lowest BCUT2D eigenvalue weighted by Crippen LogP contribution is -2.19. The molecule has 0 amide bonds. The number of aromatic nitrogens is 1. The molecule has 0 bridgehead atoms. The minimum atomic E-state index is -0.210. The second kappa shape index (κ2) is 6.27. The number of aromatic hydroxyl groups is 1. The van der Waals surface area contributed by atoms with E-state index in [1.807, 2.05) is 18.2 Å². The standard InChI is InChI=1S/C22H19BrN2O2/c23-13-10-8-12(9-11-13)18-19-16(26)6-3-7-17(19)27-22-20(18)21(24)14-4-1-2-5-15(14)25-22/h3,6-11,18,26H,1-2,4-5H2,(H2,24,25). The smallest absolute Gasteiger partial charge is 0.225 e. The molecule has 0 fully saturated rings. The van der Waals surface area contributed by atoms with Crippen molar-refractivity contribution in [1.82, 2.24) is 4.98 Å². The van der Waals surface area contributed by atoms with Crippen molar-refractivity contribution >= 4 is 21.6 Å². The number of phenols is 1. The van der Waals surface area contributed by atoms with Crippen molar-refractivity contribution < 1.29 is 9.84 Å². The predicted molar refractivity (Wildman–Crippen MR) is 109 cm³/mol. The molecular weight excluding hydrogens is 404 g/mol. The quantitative estimate of drug-likeness (QED) is 0.436. The van der Waals surface area contributed by atoms with Gasteiger partial charge >= 0.3 is 0 Å². The summed E-state index contributed by atoms with van der Waals surface area (Å²) in [4.78, 5) is 4.84. The van der Waals surface area contributed by atoms with Crippen molar-refractivity contribution in [2.24, 2.45) is 0 Å². The highest BCUT2D eigenvalue weighted by molar-refractivity contribution is 9.10. The summed E-state index contributed by atoms with van der Waals surface area (Å²) >= 11 is 3.50. The maximum atomic E-state index is 10.6. The fourth-order valence-electron chi connectivity index (χ4n) is 4.27. The third kappa shape index (κ3) is 2.60. The van der Waals surface area contributed by atoms with Gasteiger partial charge in [0.1, 0.15) is 11.5 Å². The van der Waals surface area contributed by atoms with Crippen LogP contribution in [0.3, 0.4) is 0 Å². The van der Waals surface area contributed by atoms with Gasteiger partial charge in [-0.05, 0) is 61.1 Å². The Kier molecular flexibility index (Phi) is 3.86.